The molecule has 0 saturated heterocycles. The number of fused-ring (bicyclic) bond motifs is 1. The fourth-order valence-electron chi connectivity index (χ4n) is 2.78. The first-order valence-electron chi connectivity index (χ1n) is 7.62. The van der Waals surface area contributed by atoms with Gasteiger partial charge >= 0.3 is 0 Å². The quantitative estimate of drug-likeness (QED) is 0.672. The van der Waals surface area contributed by atoms with Crippen LogP contribution in [0.1, 0.15) is 21.5 Å². The van der Waals surface area contributed by atoms with Crippen LogP contribution in [0.4, 0.5) is 0 Å². The molecule has 2 aromatic rings. The second kappa shape index (κ2) is 6.62. The van der Waals surface area contributed by atoms with Gasteiger partial charge in [-0.25, -0.2) is 0 Å². The van der Waals surface area contributed by atoms with Crippen molar-refractivity contribution in [1.82, 2.24) is 0 Å². The Hall–Kier alpha value is -3.01. The van der Waals surface area contributed by atoms with Gasteiger partial charge in [-0.15, -0.1) is 0 Å². The first kappa shape index (κ1) is 15.9. The SMILES string of the molecule is C=CCOc1ccc(/C=C2\Cc3c(O)cccc3C2=O)cc1OC. The van der Waals surface area contributed by atoms with Crippen molar-refractivity contribution in [2.24, 2.45) is 0 Å². The maximum absolute atomic E-state index is 12.5. The number of methoxy groups -OCH3 is 1. The number of benzene rings is 2. The zero-order valence-electron chi connectivity index (χ0n) is 13.4. The van der Waals surface area contributed by atoms with Crippen molar-refractivity contribution in [1.29, 1.82) is 0 Å². The number of carbonyl (C=O) groups excluding carboxylic acids is 1. The summed E-state index contributed by atoms with van der Waals surface area (Å²) in [5.74, 6) is 1.33. The minimum absolute atomic E-state index is 0.0492. The predicted molar refractivity (Wildman–Crippen MR) is 92.8 cm³/mol. The van der Waals surface area contributed by atoms with Crippen molar-refractivity contribution in [2.75, 3.05) is 13.7 Å². The van der Waals surface area contributed by atoms with E-state index in [1.165, 1.54) is 0 Å². The van der Waals surface area contributed by atoms with E-state index in [1.54, 1.807) is 37.5 Å². The third-order valence-corrected chi connectivity index (χ3v) is 3.94. The molecule has 4 heteroatoms. The lowest BCUT2D eigenvalue weighted by Crippen LogP contribution is -1.97. The second-order valence-corrected chi connectivity index (χ2v) is 5.49. The smallest absolute Gasteiger partial charge is 0.189 e. The Morgan fingerprint density at radius 3 is 2.79 bits per heavy atom. The predicted octanol–water partition coefficient (Wildman–Crippen LogP) is 3.79. The summed E-state index contributed by atoms with van der Waals surface area (Å²) in [5, 5.41) is 9.91. The lowest BCUT2D eigenvalue weighted by atomic mass is 10.1. The Morgan fingerprint density at radius 2 is 2.08 bits per heavy atom. The van der Waals surface area contributed by atoms with Crippen molar-refractivity contribution in [3.05, 3.63) is 71.3 Å². The minimum atomic E-state index is -0.0492. The van der Waals surface area contributed by atoms with E-state index in [0.717, 1.165) is 5.56 Å². The molecule has 3 rings (SSSR count). The number of carbonyl (C=O) groups is 1. The summed E-state index contributed by atoms with van der Waals surface area (Å²) < 4.78 is 10.9. The van der Waals surface area contributed by atoms with Crippen LogP contribution in [0.15, 0.2) is 54.6 Å². The molecule has 4 nitrogen and oxygen atoms in total. The molecule has 1 aliphatic rings. The molecule has 0 fully saturated rings. The van der Waals surface area contributed by atoms with Crippen molar-refractivity contribution < 1.29 is 19.4 Å². The maximum Gasteiger partial charge on any atom is 0.189 e. The summed E-state index contributed by atoms with van der Waals surface area (Å²) >= 11 is 0. The molecule has 122 valence electrons. The molecule has 0 aromatic heterocycles. The Kier molecular flexibility index (Phi) is 4.38. The highest BCUT2D eigenvalue weighted by atomic mass is 16.5. The summed E-state index contributed by atoms with van der Waals surface area (Å²) in [6.45, 7) is 4.01. The highest BCUT2D eigenvalue weighted by molar-refractivity contribution is 6.16. The zero-order chi connectivity index (χ0) is 17.1. The average molecular weight is 322 g/mol. The molecule has 0 radical (unpaired) electrons. The maximum atomic E-state index is 12.5. The first-order chi connectivity index (χ1) is 11.6. The van der Waals surface area contributed by atoms with E-state index in [-0.39, 0.29) is 11.5 Å². The number of hydrogen-bond donors (Lipinski definition) is 1. The van der Waals surface area contributed by atoms with Crippen LogP contribution in [0.25, 0.3) is 6.08 Å². The Balaban J connectivity index is 1.91. The molecule has 0 heterocycles. The fraction of sp³-hybridized carbons (Fsp3) is 0.150. The van der Waals surface area contributed by atoms with Gasteiger partial charge in [0.05, 0.1) is 7.11 Å². The van der Waals surface area contributed by atoms with E-state index < -0.39 is 0 Å². The summed E-state index contributed by atoms with van der Waals surface area (Å²) in [5.41, 5.74) is 2.74. The number of phenolic OH excluding ortho intramolecular Hbond substituents is 1. The second-order valence-electron chi connectivity index (χ2n) is 5.49. The van der Waals surface area contributed by atoms with Crippen molar-refractivity contribution >= 4 is 11.9 Å². The number of ether oxygens (including phenoxy) is 2. The van der Waals surface area contributed by atoms with Crippen LogP contribution in [0, 0.1) is 0 Å². The number of aromatic hydroxyl groups is 1. The molecule has 0 aliphatic heterocycles. The van der Waals surface area contributed by atoms with Crippen LogP contribution in [-0.2, 0) is 6.42 Å². The Bertz CT molecular complexity index is 834. The molecule has 0 atom stereocenters. The van der Waals surface area contributed by atoms with Crippen LogP contribution in [0.3, 0.4) is 0 Å². The Labute approximate surface area is 140 Å². The van der Waals surface area contributed by atoms with E-state index in [2.05, 4.69) is 6.58 Å². The van der Waals surface area contributed by atoms with Gasteiger partial charge in [0.1, 0.15) is 12.4 Å². The van der Waals surface area contributed by atoms with Gasteiger partial charge in [-0.1, -0.05) is 30.9 Å². The van der Waals surface area contributed by atoms with Gasteiger partial charge in [-0.3, -0.25) is 4.79 Å². The lowest BCUT2D eigenvalue weighted by molar-refractivity contribution is 0.104. The Morgan fingerprint density at radius 1 is 1.25 bits per heavy atom. The average Bonchev–Trinajstić information content (AvgIpc) is 2.91. The van der Waals surface area contributed by atoms with Gasteiger partial charge in [-0.05, 0) is 29.8 Å². The number of phenols is 1. The van der Waals surface area contributed by atoms with Crippen LogP contribution >= 0.6 is 0 Å². The highest BCUT2D eigenvalue weighted by Gasteiger charge is 2.26. The summed E-state index contributed by atoms with van der Waals surface area (Å²) in [6.07, 6.45) is 3.91. The van der Waals surface area contributed by atoms with Crippen LogP contribution in [0.5, 0.6) is 17.2 Å². The topological polar surface area (TPSA) is 55.8 Å². The van der Waals surface area contributed by atoms with Gasteiger partial charge in [0.15, 0.2) is 17.3 Å². The highest BCUT2D eigenvalue weighted by Crippen LogP contribution is 2.35. The standard InChI is InChI=1S/C20H18O4/c1-3-9-24-18-8-7-13(11-19(18)23-2)10-14-12-16-15(20(14)22)5-4-6-17(16)21/h3-8,10-11,21H,1,9,12H2,2H3/b14-10+. The summed E-state index contributed by atoms with van der Waals surface area (Å²) in [6, 6.07) is 10.5. The van der Waals surface area contributed by atoms with Crippen molar-refractivity contribution in [3.63, 3.8) is 0 Å². The molecule has 1 aliphatic carbocycles. The number of hydrogen-bond acceptors (Lipinski definition) is 4. The van der Waals surface area contributed by atoms with Gasteiger partial charge in [0.25, 0.3) is 0 Å². The minimum Gasteiger partial charge on any atom is -0.508 e. The van der Waals surface area contributed by atoms with E-state index in [9.17, 15) is 9.90 Å². The third kappa shape index (κ3) is 2.91. The van der Waals surface area contributed by atoms with Gasteiger partial charge < -0.3 is 14.6 Å². The molecule has 1 N–H and O–H groups in total. The molecular formula is C20H18O4. The monoisotopic (exact) mass is 322 g/mol. The number of ketones is 1. The molecular weight excluding hydrogens is 304 g/mol. The van der Waals surface area contributed by atoms with E-state index in [4.69, 9.17) is 9.47 Å². The van der Waals surface area contributed by atoms with Gasteiger partial charge in [0.2, 0.25) is 0 Å². The van der Waals surface area contributed by atoms with Crippen molar-refractivity contribution in [3.8, 4) is 17.2 Å². The molecule has 0 saturated carbocycles. The zero-order valence-corrected chi connectivity index (χ0v) is 13.4. The summed E-state index contributed by atoms with van der Waals surface area (Å²) in [7, 11) is 1.57. The fourth-order valence-corrected chi connectivity index (χ4v) is 2.78. The normalized spacial score (nSPS) is 14.5. The van der Waals surface area contributed by atoms with Crippen molar-refractivity contribution in [2.45, 2.75) is 6.42 Å². The van der Waals surface area contributed by atoms with E-state index >= 15 is 0 Å². The summed E-state index contributed by atoms with van der Waals surface area (Å²) in [4.78, 5) is 12.5. The number of allylic oxidation sites excluding steroid dienone is 1. The van der Waals surface area contributed by atoms with Crippen LogP contribution in [0.2, 0.25) is 0 Å². The number of Topliss-reactive ketones (excluding diaryl/α,β-unsaturated/α-hetero) is 1. The van der Waals surface area contributed by atoms with Crippen LogP contribution in [-0.4, -0.2) is 24.6 Å². The molecule has 2 aromatic carbocycles. The third-order valence-electron chi connectivity index (χ3n) is 3.94. The molecule has 0 amide bonds. The molecule has 24 heavy (non-hydrogen) atoms. The van der Waals surface area contributed by atoms with Gasteiger partial charge in [0, 0.05) is 23.1 Å². The number of rotatable bonds is 5. The largest absolute Gasteiger partial charge is 0.508 e. The lowest BCUT2D eigenvalue weighted by Gasteiger charge is -2.10. The molecule has 0 unspecified atom stereocenters. The van der Waals surface area contributed by atoms with Gasteiger partial charge in [-0.2, -0.15) is 0 Å². The molecule has 0 bridgehead atoms. The van der Waals surface area contributed by atoms with Crippen LogP contribution < -0.4 is 9.47 Å². The van der Waals surface area contributed by atoms with E-state index in [0.29, 0.717) is 41.2 Å². The van der Waals surface area contributed by atoms with E-state index in [1.807, 2.05) is 18.2 Å². The first-order valence-corrected chi connectivity index (χ1v) is 7.62. The molecule has 0 spiro atoms.